The highest BCUT2D eigenvalue weighted by atomic mass is 16.5. The Morgan fingerprint density at radius 3 is 2.73 bits per heavy atom. The molecule has 3 rings (SSSR count). The molecule has 0 heterocycles. The van der Waals surface area contributed by atoms with E-state index < -0.39 is 17.4 Å². The van der Waals surface area contributed by atoms with E-state index in [4.69, 9.17) is 9.47 Å². The maximum absolute atomic E-state index is 13.2. The van der Waals surface area contributed by atoms with Crippen molar-refractivity contribution in [2.75, 3.05) is 20.8 Å². The highest BCUT2D eigenvalue weighted by Gasteiger charge is 2.55. The Labute approximate surface area is 153 Å². The second kappa shape index (κ2) is 7.66. The minimum atomic E-state index is -1.07. The number of carboxylic acid groups (broad SMARTS) is 1. The van der Waals surface area contributed by atoms with Gasteiger partial charge in [-0.1, -0.05) is 18.6 Å². The Morgan fingerprint density at radius 1 is 1.35 bits per heavy atom. The van der Waals surface area contributed by atoms with Crippen molar-refractivity contribution in [1.82, 2.24) is 5.32 Å². The molecule has 0 saturated heterocycles. The molecule has 2 bridgehead atoms. The summed E-state index contributed by atoms with van der Waals surface area (Å²) in [4.78, 5) is 24.7. The maximum Gasteiger partial charge on any atom is 0.328 e. The number of hydrogen-bond acceptors (Lipinski definition) is 4. The van der Waals surface area contributed by atoms with Crippen molar-refractivity contribution in [3.8, 4) is 5.75 Å². The molecule has 26 heavy (non-hydrogen) atoms. The number of hydrogen-bond donors (Lipinski definition) is 2. The molecule has 6 heteroatoms. The molecule has 0 radical (unpaired) electrons. The SMILES string of the molecule is COCC(NC(=O)C1(Cc2cccc(OC)c2)CC2CCC1C2)C(=O)O. The number of rotatable bonds is 8. The minimum Gasteiger partial charge on any atom is -0.497 e. The second-order valence-corrected chi connectivity index (χ2v) is 7.58. The van der Waals surface area contributed by atoms with Crippen LogP contribution in [0.1, 0.15) is 31.2 Å². The van der Waals surface area contributed by atoms with Crippen LogP contribution >= 0.6 is 0 Å². The normalized spacial score (nSPS) is 27.9. The molecule has 142 valence electrons. The highest BCUT2D eigenvalue weighted by Crippen LogP contribution is 2.57. The molecular weight excluding hydrogens is 334 g/mol. The average Bonchev–Trinajstić information content (AvgIpc) is 3.23. The molecule has 2 N–H and O–H groups in total. The number of amides is 1. The number of carbonyl (C=O) groups is 2. The summed E-state index contributed by atoms with van der Waals surface area (Å²) in [7, 11) is 3.06. The van der Waals surface area contributed by atoms with Crippen LogP contribution in [-0.4, -0.2) is 43.9 Å². The van der Waals surface area contributed by atoms with Crippen LogP contribution in [0.15, 0.2) is 24.3 Å². The van der Waals surface area contributed by atoms with Crippen molar-refractivity contribution in [3.05, 3.63) is 29.8 Å². The molecule has 0 aliphatic heterocycles. The molecule has 0 aromatic heterocycles. The molecule has 1 amide bonds. The zero-order valence-corrected chi connectivity index (χ0v) is 15.4. The molecule has 4 atom stereocenters. The summed E-state index contributed by atoms with van der Waals surface area (Å²) in [5.41, 5.74) is 0.502. The van der Waals surface area contributed by atoms with Crippen molar-refractivity contribution in [2.45, 2.75) is 38.1 Å². The molecule has 2 fully saturated rings. The van der Waals surface area contributed by atoms with Gasteiger partial charge in [0.25, 0.3) is 0 Å². The third kappa shape index (κ3) is 3.56. The predicted octanol–water partition coefficient (Wildman–Crippen LogP) is 2.26. The lowest BCUT2D eigenvalue weighted by Gasteiger charge is -2.37. The summed E-state index contributed by atoms with van der Waals surface area (Å²) in [5, 5.41) is 12.1. The van der Waals surface area contributed by atoms with E-state index >= 15 is 0 Å². The van der Waals surface area contributed by atoms with Gasteiger partial charge in [-0.2, -0.15) is 0 Å². The van der Waals surface area contributed by atoms with Crippen LogP contribution in [0, 0.1) is 17.3 Å². The first-order valence-corrected chi connectivity index (χ1v) is 9.14. The fraction of sp³-hybridized carbons (Fsp3) is 0.600. The van der Waals surface area contributed by atoms with Crippen molar-refractivity contribution < 1.29 is 24.2 Å². The number of nitrogens with one attached hydrogen (secondary N) is 1. The summed E-state index contributed by atoms with van der Waals surface area (Å²) in [5.74, 6) is 0.401. The lowest BCUT2D eigenvalue weighted by Crippen LogP contribution is -2.53. The van der Waals surface area contributed by atoms with E-state index in [0.717, 1.165) is 37.0 Å². The van der Waals surface area contributed by atoms with E-state index in [1.165, 1.54) is 7.11 Å². The largest absolute Gasteiger partial charge is 0.497 e. The molecule has 1 aromatic carbocycles. The summed E-state index contributed by atoms with van der Waals surface area (Å²) in [6, 6.07) is 6.76. The molecule has 6 nitrogen and oxygen atoms in total. The first-order valence-electron chi connectivity index (χ1n) is 9.14. The molecule has 1 aromatic rings. The van der Waals surface area contributed by atoms with Gasteiger partial charge >= 0.3 is 5.97 Å². The lowest BCUT2D eigenvalue weighted by atomic mass is 9.68. The number of aliphatic carboxylic acids is 1. The Bertz CT molecular complexity index is 676. The first kappa shape index (κ1) is 18.7. The Balaban J connectivity index is 1.85. The van der Waals surface area contributed by atoms with Gasteiger partial charge < -0.3 is 19.9 Å². The Kier molecular flexibility index (Phi) is 5.51. The van der Waals surface area contributed by atoms with Crippen molar-refractivity contribution in [2.24, 2.45) is 17.3 Å². The van der Waals surface area contributed by atoms with Crippen LogP contribution in [0.2, 0.25) is 0 Å². The quantitative estimate of drug-likeness (QED) is 0.742. The number of carboxylic acids is 1. The number of ether oxygens (including phenoxy) is 2. The minimum absolute atomic E-state index is 0.0373. The van der Waals surface area contributed by atoms with Crippen molar-refractivity contribution in [1.29, 1.82) is 0 Å². The summed E-state index contributed by atoms with van der Waals surface area (Å²) >= 11 is 0. The lowest BCUT2D eigenvalue weighted by molar-refractivity contribution is -0.146. The van der Waals surface area contributed by atoms with Gasteiger partial charge in [0.2, 0.25) is 5.91 Å². The van der Waals surface area contributed by atoms with Gasteiger partial charge in [0.1, 0.15) is 5.75 Å². The Hall–Kier alpha value is -2.08. The third-order valence-corrected chi connectivity index (χ3v) is 6.02. The zero-order valence-electron chi connectivity index (χ0n) is 15.4. The van der Waals surface area contributed by atoms with Gasteiger partial charge in [0.05, 0.1) is 19.1 Å². The van der Waals surface area contributed by atoms with E-state index in [1.54, 1.807) is 7.11 Å². The van der Waals surface area contributed by atoms with Crippen molar-refractivity contribution >= 4 is 11.9 Å². The van der Waals surface area contributed by atoms with Gasteiger partial charge in [0, 0.05) is 7.11 Å². The maximum atomic E-state index is 13.2. The van der Waals surface area contributed by atoms with E-state index in [1.807, 2.05) is 24.3 Å². The van der Waals surface area contributed by atoms with Crippen LogP contribution in [-0.2, 0) is 20.7 Å². The van der Waals surface area contributed by atoms with Gasteiger partial charge in [-0.05, 0) is 55.2 Å². The van der Waals surface area contributed by atoms with Crippen LogP contribution < -0.4 is 10.1 Å². The van der Waals surface area contributed by atoms with E-state index in [9.17, 15) is 14.7 Å². The molecule has 2 saturated carbocycles. The first-order chi connectivity index (χ1) is 12.5. The van der Waals surface area contributed by atoms with Crippen LogP contribution in [0.4, 0.5) is 0 Å². The number of methoxy groups -OCH3 is 2. The van der Waals surface area contributed by atoms with E-state index in [0.29, 0.717) is 18.3 Å². The van der Waals surface area contributed by atoms with Gasteiger partial charge in [0.15, 0.2) is 6.04 Å². The van der Waals surface area contributed by atoms with Crippen molar-refractivity contribution in [3.63, 3.8) is 0 Å². The Morgan fingerprint density at radius 2 is 2.15 bits per heavy atom. The molecule has 0 spiro atoms. The molecule has 2 aliphatic rings. The standard InChI is InChI=1S/C20H27NO5/c1-25-12-17(18(22)23)21-19(24)20(11-14-6-7-15(20)8-14)10-13-4-3-5-16(9-13)26-2/h3-5,9,14-15,17H,6-8,10-12H2,1-2H3,(H,21,24)(H,22,23). The number of fused-ring (bicyclic) bond motifs is 2. The van der Waals surface area contributed by atoms with Crippen LogP contribution in [0.3, 0.4) is 0 Å². The number of benzene rings is 1. The van der Waals surface area contributed by atoms with Gasteiger partial charge in [-0.15, -0.1) is 0 Å². The molecular formula is C20H27NO5. The summed E-state index contributed by atoms with van der Waals surface area (Å²) in [6.07, 6.45) is 4.68. The summed E-state index contributed by atoms with van der Waals surface area (Å²) < 4.78 is 10.3. The number of carbonyl (C=O) groups excluding carboxylic acids is 1. The predicted molar refractivity (Wildman–Crippen MR) is 96.0 cm³/mol. The smallest absolute Gasteiger partial charge is 0.328 e. The van der Waals surface area contributed by atoms with Crippen LogP contribution in [0.5, 0.6) is 5.75 Å². The molecule has 2 aliphatic carbocycles. The second-order valence-electron chi connectivity index (χ2n) is 7.58. The highest BCUT2D eigenvalue weighted by molar-refractivity contribution is 5.88. The fourth-order valence-corrected chi connectivity index (χ4v) is 4.81. The van der Waals surface area contributed by atoms with Gasteiger partial charge in [-0.25, -0.2) is 4.79 Å². The zero-order chi connectivity index (χ0) is 18.7. The third-order valence-electron chi connectivity index (χ3n) is 6.02. The monoisotopic (exact) mass is 361 g/mol. The average molecular weight is 361 g/mol. The van der Waals surface area contributed by atoms with Crippen LogP contribution in [0.25, 0.3) is 0 Å². The summed E-state index contributed by atoms with van der Waals surface area (Å²) in [6.45, 7) is -0.0373. The topological polar surface area (TPSA) is 84.9 Å². The van der Waals surface area contributed by atoms with E-state index in [2.05, 4.69) is 5.32 Å². The molecule has 4 unspecified atom stereocenters. The van der Waals surface area contributed by atoms with E-state index in [-0.39, 0.29) is 12.5 Å². The fourth-order valence-electron chi connectivity index (χ4n) is 4.81. The van der Waals surface area contributed by atoms with Gasteiger partial charge in [-0.3, -0.25) is 4.79 Å².